The first kappa shape index (κ1) is 53.2. The Bertz CT molecular complexity index is 3740. The first-order valence-electron chi connectivity index (χ1n) is 24.1. The molecule has 15 nitrogen and oxygen atoms in total. The number of hydrogen-bond donors (Lipinski definition) is 3. The number of para-hydroxylation sites is 6. The van der Waals surface area contributed by atoms with Crippen molar-refractivity contribution >= 4 is 85.3 Å². The van der Waals surface area contributed by atoms with E-state index in [0.29, 0.717) is 52.7 Å². The number of rotatable bonds is 16. The molecular weight excluding hydrogens is 949 g/mol. The first-order chi connectivity index (χ1) is 36.0. The van der Waals surface area contributed by atoms with Gasteiger partial charge in [0, 0.05) is 105 Å². The summed E-state index contributed by atoms with van der Waals surface area (Å²) in [6, 6.07) is 41.2. The molecule has 0 amide bonds. The summed E-state index contributed by atoms with van der Waals surface area (Å²) in [5.41, 5.74) is 11.3. The number of nitro groups is 3. The van der Waals surface area contributed by atoms with E-state index in [-0.39, 0.29) is 34.4 Å². The fourth-order valence-electron chi connectivity index (χ4n) is 8.88. The first-order valence-corrected chi connectivity index (χ1v) is 24.1. The van der Waals surface area contributed by atoms with Gasteiger partial charge >= 0.3 is 0 Å². The van der Waals surface area contributed by atoms with Gasteiger partial charge in [0.2, 0.25) is 0 Å². The number of nitrogens with one attached hydrogen (secondary N) is 3. The van der Waals surface area contributed by atoms with Crippen molar-refractivity contribution in [1.29, 1.82) is 0 Å². The Kier molecular flexibility index (Phi) is 17.2. The summed E-state index contributed by atoms with van der Waals surface area (Å²) in [4.78, 5) is 78.4. The number of aromatic nitrogens is 3. The summed E-state index contributed by atoms with van der Waals surface area (Å²) >= 11 is 0. The van der Waals surface area contributed by atoms with Gasteiger partial charge in [0.05, 0.1) is 31.5 Å². The molecule has 3 aromatic heterocycles. The SMILES string of the molecule is CC(=O)/C(=C\c1ccccc1[N+](=O)[O-])Cc1c(C)[nH]c2ccccc12.CC(=O)/C(=C\c1ccccc1[N+](=O)[O-])Cc1c[nH]c2ccccc12.CCc1cccc2c(C/C(=C/c3ccccc3[N+](=O)[O-])C(C)=O)c[nH]c12. The van der Waals surface area contributed by atoms with E-state index in [0.717, 1.165) is 61.5 Å². The highest BCUT2D eigenvalue weighted by molar-refractivity contribution is 6.01. The lowest BCUT2D eigenvalue weighted by Gasteiger charge is -2.06. The van der Waals surface area contributed by atoms with Gasteiger partial charge in [0.25, 0.3) is 17.1 Å². The summed E-state index contributed by atoms with van der Waals surface area (Å²) in [7, 11) is 0. The lowest BCUT2D eigenvalue weighted by molar-refractivity contribution is -0.385. The van der Waals surface area contributed by atoms with Crippen molar-refractivity contribution < 1.29 is 29.2 Å². The molecule has 0 unspecified atom stereocenters. The van der Waals surface area contributed by atoms with Crippen molar-refractivity contribution in [3.05, 3.63) is 244 Å². The highest BCUT2D eigenvalue weighted by Crippen LogP contribution is 2.30. The van der Waals surface area contributed by atoms with Crippen molar-refractivity contribution in [1.82, 2.24) is 15.0 Å². The van der Waals surface area contributed by atoms with Gasteiger partial charge in [-0.2, -0.15) is 0 Å². The highest BCUT2D eigenvalue weighted by atomic mass is 16.6. The van der Waals surface area contributed by atoms with Gasteiger partial charge < -0.3 is 15.0 Å². The van der Waals surface area contributed by atoms with Crippen molar-refractivity contribution in [2.45, 2.75) is 60.3 Å². The molecule has 6 aromatic carbocycles. The second-order valence-corrected chi connectivity index (χ2v) is 17.8. The van der Waals surface area contributed by atoms with Crippen LogP contribution in [-0.4, -0.2) is 47.1 Å². The third-order valence-corrected chi connectivity index (χ3v) is 12.8. The molecule has 75 heavy (non-hydrogen) atoms. The van der Waals surface area contributed by atoms with Crippen LogP contribution >= 0.6 is 0 Å². The van der Waals surface area contributed by atoms with Crippen molar-refractivity contribution in [2.24, 2.45) is 0 Å². The Labute approximate surface area is 431 Å². The second-order valence-electron chi connectivity index (χ2n) is 17.8. The molecule has 3 N–H and O–H groups in total. The molecule has 9 aromatic rings. The monoisotopic (exact) mass is 1000 g/mol. The maximum atomic E-state index is 12.2. The number of allylic oxidation sites excluding steroid dienone is 3. The van der Waals surface area contributed by atoms with E-state index in [2.05, 4.69) is 27.9 Å². The largest absolute Gasteiger partial charge is 0.361 e. The third-order valence-electron chi connectivity index (χ3n) is 12.8. The summed E-state index contributed by atoms with van der Waals surface area (Å²) in [6.07, 6.45) is 10.9. The molecule has 0 spiro atoms. The average molecular weight is 1000 g/mol. The molecule has 0 atom stereocenters. The Morgan fingerprint density at radius 2 is 0.867 bits per heavy atom. The minimum absolute atomic E-state index is 0.00144. The lowest BCUT2D eigenvalue weighted by atomic mass is 9.97. The Balaban J connectivity index is 0.000000164. The standard InChI is InChI=1S/C21H20N2O3.C20H18N2O3.C19H16N2O3/c1-3-15-8-6-9-19-18(13-22-21(15)19)12-17(14(2)24)11-16-7-4-5-10-20(16)23(25)26;1-13-18(17-8-4-5-9-19(17)21-13)12-16(14(2)23)11-15-7-3-6-10-20(15)22(24)25;1-13(22)15(10-14-6-2-5-9-19(14)21(23)24)11-16-12-20-18-8-4-3-7-17(16)18/h4-11,13,22H,3,12H2,1-2H3;3-11,21H,12H2,1-2H3;2-10,12,20H,11H2,1H3/b17-11-;16-11-;15-10-. The number of carbonyl (C=O) groups excluding carboxylic acids is 3. The van der Waals surface area contributed by atoms with Gasteiger partial charge in [-0.1, -0.05) is 97.9 Å². The van der Waals surface area contributed by atoms with Gasteiger partial charge in [0.1, 0.15) is 0 Å². The summed E-state index contributed by atoms with van der Waals surface area (Å²) < 4.78 is 0. The van der Waals surface area contributed by atoms with Gasteiger partial charge in [0.15, 0.2) is 17.3 Å². The van der Waals surface area contributed by atoms with Crippen LogP contribution in [0.1, 0.15) is 72.3 Å². The number of aryl methyl sites for hydroxylation is 2. The van der Waals surface area contributed by atoms with Gasteiger partial charge in [-0.15, -0.1) is 0 Å². The molecule has 0 aliphatic rings. The molecule has 3 heterocycles. The lowest BCUT2D eigenvalue weighted by Crippen LogP contribution is -2.02. The molecule has 0 fully saturated rings. The minimum Gasteiger partial charge on any atom is -0.361 e. The van der Waals surface area contributed by atoms with Crippen molar-refractivity contribution in [2.75, 3.05) is 0 Å². The Morgan fingerprint density at radius 3 is 1.35 bits per heavy atom. The van der Waals surface area contributed by atoms with Gasteiger partial charge in [-0.05, 0) is 105 Å². The minimum atomic E-state index is -0.435. The van der Waals surface area contributed by atoms with E-state index in [1.165, 1.54) is 44.5 Å². The number of aromatic amines is 3. The summed E-state index contributed by atoms with van der Waals surface area (Å²) in [5.74, 6) is -0.287. The maximum absolute atomic E-state index is 12.2. The fourth-order valence-corrected chi connectivity index (χ4v) is 8.88. The van der Waals surface area contributed by atoms with Crippen LogP contribution in [0.15, 0.2) is 169 Å². The topological polar surface area (TPSA) is 228 Å². The smallest absolute Gasteiger partial charge is 0.276 e. The molecule has 0 saturated heterocycles. The molecule has 0 aliphatic carbocycles. The van der Waals surface area contributed by atoms with Crippen LogP contribution in [0.4, 0.5) is 17.1 Å². The van der Waals surface area contributed by atoms with Gasteiger partial charge in [-0.25, -0.2) is 0 Å². The second kappa shape index (κ2) is 24.2. The molecular formula is C60H54N6O9. The zero-order valence-electron chi connectivity index (χ0n) is 42.0. The number of Topliss-reactive ketones (excluding diaryl/α,β-unsaturated/α-hetero) is 3. The van der Waals surface area contributed by atoms with Crippen LogP contribution in [0.5, 0.6) is 0 Å². The highest BCUT2D eigenvalue weighted by Gasteiger charge is 2.19. The fraction of sp³-hybridized carbons (Fsp3) is 0.150. The number of carbonyl (C=O) groups is 3. The average Bonchev–Trinajstić information content (AvgIpc) is 4.10. The number of fused-ring (bicyclic) bond motifs is 3. The van der Waals surface area contributed by atoms with Crippen molar-refractivity contribution in [3.8, 4) is 0 Å². The number of nitro benzene ring substituents is 3. The Morgan fingerprint density at radius 1 is 0.467 bits per heavy atom. The van der Waals surface area contributed by atoms with Crippen LogP contribution in [0.25, 0.3) is 50.9 Å². The van der Waals surface area contributed by atoms with Crippen molar-refractivity contribution in [3.63, 3.8) is 0 Å². The summed E-state index contributed by atoms with van der Waals surface area (Å²) in [6.45, 7) is 8.54. The third kappa shape index (κ3) is 12.9. The van der Waals surface area contributed by atoms with E-state index in [1.54, 1.807) is 72.8 Å². The predicted octanol–water partition coefficient (Wildman–Crippen LogP) is 13.7. The van der Waals surface area contributed by atoms with E-state index in [4.69, 9.17) is 0 Å². The number of ketones is 3. The molecule has 378 valence electrons. The zero-order chi connectivity index (χ0) is 53.8. The van der Waals surface area contributed by atoms with Crippen LogP contribution in [0, 0.1) is 37.3 Å². The van der Waals surface area contributed by atoms with Crippen LogP contribution < -0.4 is 0 Å². The normalized spacial score (nSPS) is 11.7. The number of H-pyrrole nitrogens is 3. The number of benzene rings is 6. The number of nitrogens with zero attached hydrogens (tertiary/aromatic N) is 3. The molecule has 15 heteroatoms. The van der Waals surface area contributed by atoms with Gasteiger partial charge in [-0.3, -0.25) is 44.7 Å². The van der Waals surface area contributed by atoms with E-state index < -0.39 is 14.8 Å². The quantitative estimate of drug-likeness (QED) is 0.0474. The van der Waals surface area contributed by atoms with Crippen LogP contribution in [-0.2, 0) is 40.1 Å². The molecule has 0 radical (unpaired) electrons. The Hall–Kier alpha value is -9.63. The van der Waals surface area contributed by atoms with Crippen LogP contribution in [0.3, 0.4) is 0 Å². The molecule has 0 aliphatic heterocycles. The summed E-state index contributed by atoms with van der Waals surface area (Å²) in [5, 5.41) is 36.8. The predicted molar refractivity (Wildman–Crippen MR) is 295 cm³/mol. The van der Waals surface area contributed by atoms with E-state index in [1.807, 2.05) is 80.0 Å². The van der Waals surface area contributed by atoms with E-state index >= 15 is 0 Å². The maximum Gasteiger partial charge on any atom is 0.276 e. The molecule has 0 bridgehead atoms. The molecule has 9 rings (SSSR count). The number of hydrogen-bond acceptors (Lipinski definition) is 9. The van der Waals surface area contributed by atoms with Crippen LogP contribution in [0.2, 0.25) is 0 Å². The van der Waals surface area contributed by atoms with E-state index in [9.17, 15) is 44.7 Å². The zero-order valence-corrected chi connectivity index (χ0v) is 42.0. The molecule has 0 saturated carbocycles.